The van der Waals surface area contributed by atoms with Gasteiger partial charge >= 0.3 is 12.2 Å². The van der Waals surface area contributed by atoms with Crippen LogP contribution in [-0.4, -0.2) is 22.5 Å². The number of benzene rings is 2. The first-order valence-electron chi connectivity index (χ1n) is 8.43. The molecule has 2 N–H and O–H groups in total. The van der Waals surface area contributed by atoms with Gasteiger partial charge in [0.15, 0.2) is 0 Å². The number of alkyl halides is 3. The van der Waals surface area contributed by atoms with Crippen molar-refractivity contribution in [1.82, 2.24) is 10.4 Å². The fourth-order valence-electron chi connectivity index (χ4n) is 2.37. The van der Waals surface area contributed by atoms with Gasteiger partial charge in [-0.25, -0.2) is 24.0 Å². The Bertz CT molecular complexity index is 974. The summed E-state index contributed by atoms with van der Waals surface area (Å²) in [4.78, 5) is 25.1. The fourth-order valence-corrected chi connectivity index (χ4v) is 2.61. The van der Waals surface area contributed by atoms with Gasteiger partial charge in [0.1, 0.15) is 11.6 Å². The quantitative estimate of drug-likeness (QED) is 0.462. The molecular weight excluding hydrogens is 433 g/mol. The number of hydrogen-bond acceptors (Lipinski definition) is 2. The van der Waals surface area contributed by atoms with Crippen LogP contribution in [0.15, 0.2) is 36.4 Å². The molecule has 0 aromatic heterocycles. The van der Waals surface area contributed by atoms with Gasteiger partial charge in [-0.1, -0.05) is 11.6 Å². The molecule has 2 rings (SSSR count). The maximum Gasteiger partial charge on any atom is 0.416 e. The molecule has 0 aliphatic rings. The summed E-state index contributed by atoms with van der Waals surface area (Å²) in [6, 6.07) is 3.53. The van der Waals surface area contributed by atoms with Crippen molar-refractivity contribution < 1.29 is 31.5 Å². The summed E-state index contributed by atoms with van der Waals surface area (Å²) in [6.45, 7) is 4.51. The SMILES string of the molecule is CC(C)(C)N(NC(=O)Nc1cc(F)ccc1F)C(=O)c1cc(Cl)cc(C(F)(F)F)c1. The fraction of sp³-hybridized carbons (Fsp3) is 0.263. The molecule has 11 heteroatoms. The van der Waals surface area contributed by atoms with Gasteiger partial charge in [0.05, 0.1) is 16.8 Å². The zero-order chi connectivity index (χ0) is 22.9. The van der Waals surface area contributed by atoms with E-state index in [0.29, 0.717) is 12.1 Å². The number of nitrogens with zero attached hydrogens (tertiary/aromatic N) is 1. The van der Waals surface area contributed by atoms with E-state index in [0.717, 1.165) is 29.3 Å². The standard InChI is InChI=1S/C19H17ClF5N3O2/c1-18(2,3)28(27-17(30)26-15-9-13(21)4-5-14(15)22)16(29)10-6-11(19(23,24)25)8-12(20)7-10/h4-9H,1-3H3,(H2,26,27,30). The maximum atomic E-state index is 13.7. The third-order valence-corrected chi connectivity index (χ3v) is 3.95. The maximum absolute atomic E-state index is 13.7. The highest BCUT2D eigenvalue weighted by atomic mass is 35.5. The van der Waals surface area contributed by atoms with E-state index in [1.807, 2.05) is 5.32 Å². The van der Waals surface area contributed by atoms with E-state index in [1.165, 1.54) is 20.8 Å². The molecule has 0 spiro atoms. The van der Waals surface area contributed by atoms with Crippen molar-refractivity contribution in [2.24, 2.45) is 0 Å². The minimum atomic E-state index is -4.74. The van der Waals surface area contributed by atoms with E-state index in [2.05, 4.69) is 5.43 Å². The lowest BCUT2D eigenvalue weighted by molar-refractivity contribution is -0.137. The number of anilines is 1. The number of halogens is 6. The third-order valence-electron chi connectivity index (χ3n) is 3.74. The largest absolute Gasteiger partial charge is 0.416 e. The molecule has 0 heterocycles. The van der Waals surface area contributed by atoms with Crippen molar-refractivity contribution in [2.75, 3.05) is 5.32 Å². The van der Waals surface area contributed by atoms with Crippen LogP contribution < -0.4 is 10.7 Å². The van der Waals surface area contributed by atoms with Gasteiger partial charge in [-0.05, 0) is 51.1 Å². The molecule has 0 aliphatic heterocycles. The number of nitrogens with one attached hydrogen (secondary N) is 2. The second-order valence-electron chi connectivity index (χ2n) is 7.23. The van der Waals surface area contributed by atoms with Crippen LogP contribution >= 0.6 is 11.6 Å². The second-order valence-corrected chi connectivity index (χ2v) is 7.66. The molecule has 162 valence electrons. The summed E-state index contributed by atoms with van der Waals surface area (Å²) in [5.41, 5.74) is -1.01. The Kier molecular flexibility index (Phi) is 6.60. The van der Waals surface area contributed by atoms with E-state index in [4.69, 9.17) is 11.6 Å². The number of hydrogen-bond donors (Lipinski definition) is 2. The van der Waals surface area contributed by atoms with E-state index in [-0.39, 0.29) is 5.02 Å². The highest BCUT2D eigenvalue weighted by molar-refractivity contribution is 6.31. The minimum absolute atomic E-state index is 0.326. The molecule has 2 aromatic carbocycles. The summed E-state index contributed by atoms with van der Waals surface area (Å²) < 4.78 is 66.1. The molecule has 3 amide bonds. The Hall–Kier alpha value is -2.88. The molecule has 0 saturated heterocycles. The van der Waals surface area contributed by atoms with Crippen LogP contribution in [0.2, 0.25) is 5.02 Å². The Morgan fingerprint density at radius 2 is 1.63 bits per heavy atom. The summed E-state index contributed by atoms with van der Waals surface area (Å²) >= 11 is 5.72. The zero-order valence-electron chi connectivity index (χ0n) is 16.0. The van der Waals surface area contributed by atoms with Crippen molar-refractivity contribution in [2.45, 2.75) is 32.5 Å². The van der Waals surface area contributed by atoms with Crippen molar-refractivity contribution in [3.05, 3.63) is 64.2 Å². The molecule has 0 unspecified atom stereocenters. The van der Waals surface area contributed by atoms with Gasteiger partial charge < -0.3 is 5.32 Å². The first-order chi connectivity index (χ1) is 13.7. The van der Waals surface area contributed by atoms with Crippen molar-refractivity contribution in [3.8, 4) is 0 Å². The molecule has 2 aromatic rings. The summed E-state index contributed by atoms with van der Waals surface area (Å²) in [5, 5.41) is 2.47. The van der Waals surface area contributed by atoms with Crippen molar-refractivity contribution in [1.29, 1.82) is 0 Å². The lowest BCUT2D eigenvalue weighted by Crippen LogP contribution is -2.56. The molecule has 0 radical (unpaired) electrons. The van der Waals surface area contributed by atoms with E-state index < -0.39 is 52.1 Å². The average molecular weight is 450 g/mol. The van der Waals surface area contributed by atoms with Crippen LogP contribution in [0, 0.1) is 11.6 Å². The number of amides is 3. The first-order valence-corrected chi connectivity index (χ1v) is 8.81. The highest BCUT2D eigenvalue weighted by Crippen LogP contribution is 2.32. The van der Waals surface area contributed by atoms with Crippen LogP contribution in [0.4, 0.5) is 32.4 Å². The number of carbonyl (C=O) groups is 2. The molecule has 30 heavy (non-hydrogen) atoms. The van der Waals surface area contributed by atoms with E-state index in [1.54, 1.807) is 0 Å². The zero-order valence-corrected chi connectivity index (χ0v) is 16.8. The van der Waals surface area contributed by atoms with E-state index in [9.17, 15) is 31.5 Å². The van der Waals surface area contributed by atoms with Crippen molar-refractivity contribution >= 4 is 29.2 Å². The van der Waals surface area contributed by atoms with Crippen LogP contribution in [0.3, 0.4) is 0 Å². The Morgan fingerprint density at radius 3 is 2.20 bits per heavy atom. The Balaban J connectivity index is 2.32. The molecule has 0 atom stereocenters. The second kappa shape index (κ2) is 8.47. The van der Waals surface area contributed by atoms with Crippen LogP contribution in [0.5, 0.6) is 0 Å². The highest BCUT2D eigenvalue weighted by Gasteiger charge is 2.34. The Labute approximate surface area is 173 Å². The molecule has 0 fully saturated rings. The van der Waals surface area contributed by atoms with Crippen LogP contribution in [-0.2, 0) is 6.18 Å². The summed E-state index contributed by atoms with van der Waals surface area (Å²) in [5.74, 6) is -2.73. The van der Waals surface area contributed by atoms with Gasteiger partial charge in [0.2, 0.25) is 0 Å². The molecule has 0 saturated carbocycles. The number of hydrazine groups is 1. The number of carbonyl (C=O) groups excluding carboxylic acids is 2. The molecule has 5 nitrogen and oxygen atoms in total. The predicted molar refractivity (Wildman–Crippen MR) is 101 cm³/mol. The average Bonchev–Trinajstić information content (AvgIpc) is 2.60. The lowest BCUT2D eigenvalue weighted by Gasteiger charge is -2.35. The van der Waals surface area contributed by atoms with Gasteiger partial charge in [-0.2, -0.15) is 13.2 Å². The van der Waals surface area contributed by atoms with Gasteiger partial charge in [0, 0.05) is 16.7 Å². The van der Waals surface area contributed by atoms with Crippen molar-refractivity contribution in [3.63, 3.8) is 0 Å². The van der Waals surface area contributed by atoms with Gasteiger partial charge in [-0.3, -0.25) is 4.79 Å². The van der Waals surface area contributed by atoms with E-state index >= 15 is 0 Å². The summed E-state index contributed by atoms with van der Waals surface area (Å²) in [6.07, 6.45) is -4.74. The van der Waals surface area contributed by atoms with Gasteiger partial charge in [-0.15, -0.1) is 0 Å². The van der Waals surface area contributed by atoms with Crippen LogP contribution in [0.25, 0.3) is 0 Å². The Morgan fingerprint density at radius 1 is 1.00 bits per heavy atom. The minimum Gasteiger partial charge on any atom is -0.304 e. The summed E-state index contributed by atoms with van der Waals surface area (Å²) in [7, 11) is 0. The van der Waals surface area contributed by atoms with Gasteiger partial charge in [0.25, 0.3) is 5.91 Å². The monoisotopic (exact) mass is 449 g/mol. The number of urea groups is 1. The first kappa shape index (κ1) is 23.4. The normalized spacial score (nSPS) is 11.8. The molecule has 0 aliphatic carbocycles. The smallest absolute Gasteiger partial charge is 0.304 e. The lowest BCUT2D eigenvalue weighted by atomic mass is 10.0. The number of rotatable bonds is 2. The predicted octanol–water partition coefficient (Wildman–Crippen LogP) is 5.61. The molecule has 0 bridgehead atoms. The topological polar surface area (TPSA) is 61.4 Å². The van der Waals surface area contributed by atoms with Crippen LogP contribution in [0.1, 0.15) is 36.7 Å². The third kappa shape index (κ3) is 5.82. The molecular formula is C19H17ClF5N3O2.